The van der Waals surface area contributed by atoms with Crippen LogP contribution in [0, 0.1) is 0 Å². The van der Waals surface area contributed by atoms with E-state index >= 15 is 0 Å². The maximum atomic E-state index is 5.12. The quantitative estimate of drug-likeness (QED) is 0.412. The van der Waals surface area contributed by atoms with Crippen LogP contribution in [0.3, 0.4) is 0 Å². The zero-order valence-electron chi connectivity index (χ0n) is 9.74. The first-order valence-electron chi connectivity index (χ1n) is 5.78. The number of hydrogen-bond donors (Lipinski definition) is 0. The standard InChI is InChI=1S/C8H6O.C8H6S/c2*1-2-4-8-7(3-1)5-6-9-8/h2*1-6H. The molecule has 0 saturated carbocycles. The first-order chi connectivity index (χ1) is 8.93. The molecule has 0 aliphatic rings. The summed E-state index contributed by atoms with van der Waals surface area (Å²) in [6.07, 6.45) is 1.70. The minimum absolute atomic E-state index is 0.956. The van der Waals surface area contributed by atoms with E-state index in [0.29, 0.717) is 0 Å². The second-order valence-corrected chi connectivity index (χ2v) is 4.86. The molecular formula is C16H12OS. The number of rotatable bonds is 0. The van der Waals surface area contributed by atoms with Crippen molar-refractivity contribution in [3.05, 3.63) is 72.3 Å². The number of hydrogen-bond acceptors (Lipinski definition) is 2. The fourth-order valence-electron chi connectivity index (χ4n) is 1.81. The second-order valence-electron chi connectivity index (χ2n) is 3.92. The van der Waals surface area contributed by atoms with Crippen molar-refractivity contribution in [2.75, 3.05) is 0 Å². The van der Waals surface area contributed by atoms with Crippen LogP contribution in [0.25, 0.3) is 21.1 Å². The lowest BCUT2D eigenvalue weighted by molar-refractivity contribution is 0.616. The predicted molar refractivity (Wildman–Crippen MR) is 78.0 cm³/mol. The molecule has 0 aliphatic heterocycles. The van der Waals surface area contributed by atoms with Crippen LogP contribution in [-0.4, -0.2) is 0 Å². The number of furan rings is 1. The molecule has 1 nitrogen and oxygen atoms in total. The Morgan fingerprint density at radius 3 is 2.33 bits per heavy atom. The van der Waals surface area contributed by atoms with Crippen LogP contribution in [0.4, 0.5) is 0 Å². The van der Waals surface area contributed by atoms with Crippen LogP contribution in [0.15, 0.2) is 76.7 Å². The van der Waals surface area contributed by atoms with Crippen LogP contribution >= 0.6 is 11.3 Å². The summed E-state index contributed by atoms with van der Waals surface area (Å²) >= 11 is 1.79. The molecule has 4 rings (SSSR count). The van der Waals surface area contributed by atoms with Gasteiger partial charge in [-0.15, -0.1) is 11.3 Å². The Labute approximate surface area is 109 Å². The van der Waals surface area contributed by atoms with Crippen molar-refractivity contribution < 1.29 is 4.42 Å². The van der Waals surface area contributed by atoms with E-state index in [9.17, 15) is 0 Å². The average molecular weight is 252 g/mol. The van der Waals surface area contributed by atoms with Gasteiger partial charge in [0.05, 0.1) is 6.26 Å². The van der Waals surface area contributed by atoms with E-state index in [-0.39, 0.29) is 0 Å². The third kappa shape index (κ3) is 2.29. The molecular weight excluding hydrogens is 240 g/mol. The van der Waals surface area contributed by atoms with Gasteiger partial charge in [-0.25, -0.2) is 0 Å². The summed E-state index contributed by atoms with van der Waals surface area (Å²) < 4.78 is 6.49. The van der Waals surface area contributed by atoms with Crippen LogP contribution in [-0.2, 0) is 0 Å². The Morgan fingerprint density at radius 2 is 1.50 bits per heavy atom. The van der Waals surface area contributed by atoms with Gasteiger partial charge in [0.2, 0.25) is 0 Å². The van der Waals surface area contributed by atoms with Gasteiger partial charge in [-0.2, -0.15) is 0 Å². The number of para-hydroxylation sites is 1. The fraction of sp³-hybridized carbons (Fsp3) is 0. The molecule has 0 radical (unpaired) electrons. The molecule has 0 unspecified atom stereocenters. The molecule has 0 amide bonds. The largest absolute Gasteiger partial charge is 0.464 e. The summed E-state index contributed by atoms with van der Waals surface area (Å²) in [5.41, 5.74) is 0.956. The van der Waals surface area contributed by atoms with Crippen LogP contribution < -0.4 is 0 Å². The number of benzene rings is 2. The van der Waals surface area contributed by atoms with Crippen LogP contribution in [0.1, 0.15) is 0 Å². The minimum Gasteiger partial charge on any atom is -0.464 e. The number of fused-ring (bicyclic) bond motifs is 2. The molecule has 0 atom stereocenters. The number of thiophene rings is 1. The second kappa shape index (κ2) is 5.07. The molecule has 2 aromatic carbocycles. The lowest BCUT2D eigenvalue weighted by Gasteiger charge is -1.82. The maximum absolute atomic E-state index is 5.12. The molecule has 0 aliphatic carbocycles. The molecule has 0 saturated heterocycles. The van der Waals surface area contributed by atoms with Crippen LogP contribution in [0.5, 0.6) is 0 Å². The monoisotopic (exact) mass is 252 g/mol. The SMILES string of the molecule is c1ccc2occc2c1.c1ccc2sccc2c1. The van der Waals surface area contributed by atoms with E-state index in [2.05, 4.69) is 35.7 Å². The van der Waals surface area contributed by atoms with Gasteiger partial charge in [-0.3, -0.25) is 0 Å². The molecule has 2 aromatic heterocycles. The van der Waals surface area contributed by atoms with E-state index in [1.165, 1.54) is 10.1 Å². The summed E-state index contributed by atoms with van der Waals surface area (Å²) in [5.74, 6) is 0. The third-order valence-corrected chi connectivity index (χ3v) is 3.62. The third-order valence-electron chi connectivity index (χ3n) is 2.72. The highest BCUT2D eigenvalue weighted by Crippen LogP contribution is 2.18. The van der Waals surface area contributed by atoms with Crippen molar-refractivity contribution in [2.45, 2.75) is 0 Å². The van der Waals surface area contributed by atoms with Crippen LogP contribution in [0.2, 0.25) is 0 Å². The van der Waals surface area contributed by atoms with Gasteiger partial charge < -0.3 is 4.42 Å². The molecule has 2 heteroatoms. The maximum Gasteiger partial charge on any atom is 0.133 e. The summed E-state index contributed by atoms with van der Waals surface area (Å²) in [4.78, 5) is 0. The first kappa shape index (κ1) is 11.1. The van der Waals surface area contributed by atoms with Crippen molar-refractivity contribution >= 4 is 32.4 Å². The molecule has 0 bridgehead atoms. The van der Waals surface area contributed by atoms with Crippen molar-refractivity contribution in [1.82, 2.24) is 0 Å². The lowest BCUT2D eigenvalue weighted by atomic mass is 10.3. The Kier molecular flexibility index (Phi) is 3.11. The highest BCUT2D eigenvalue weighted by Gasteiger charge is 1.89. The van der Waals surface area contributed by atoms with Crippen molar-refractivity contribution in [2.24, 2.45) is 0 Å². The minimum atomic E-state index is 0.956. The van der Waals surface area contributed by atoms with Crippen molar-refractivity contribution in [1.29, 1.82) is 0 Å². The molecule has 2 heterocycles. The fourth-order valence-corrected chi connectivity index (χ4v) is 2.60. The smallest absolute Gasteiger partial charge is 0.133 e. The van der Waals surface area contributed by atoms with E-state index < -0.39 is 0 Å². The normalized spacial score (nSPS) is 10.2. The Balaban J connectivity index is 0.000000111. The summed E-state index contributed by atoms with van der Waals surface area (Å²) in [6.45, 7) is 0. The van der Waals surface area contributed by atoms with E-state index in [1.54, 1.807) is 17.6 Å². The Hall–Kier alpha value is -2.06. The zero-order valence-corrected chi connectivity index (χ0v) is 10.6. The van der Waals surface area contributed by atoms with E-state index in [4.69, 9.17) is 4.42 Å². The molecule has 0 N–H and O–H groups in total. The molecule has 0 fully saturated rings. The first-order valence-corrected chi connectivity index (χ1v) is 6.66. The summed E-state index contributed by atoms with van der Waals surface area (Å²) in [5, 5.41) is 4.63. The van der Waals surface area contributed by atoms with Gasteiger partial charge >= 0.3 is 0 Å². The van der Waals surface area contributed by atoms with Crippen molar-refractivity contribution in [3.63, 3.8) is 0 Å². The summed E-state index contributed by atoms with van der Waals surface area (Å²) in [7, 11) is 0. The van der Waals surface area contributed by atoms with Crippen molar-refractivity contribution in [3.8, 4) is 0 Å². The van der Waals surface area contributed by atoms with Gasteiger partial charge in [0.15, 0.2) is 0 Å². The summed E-state index contributed by atoms with van der Waals surface area (Å²) in [6, 6.07) is 20.4. The predicted octanol–water partition coefficient (Wildman–Crippen LogP) is 5.33. The van der Waals surface area contributed by atoms with Gasteiger partial charge in [-0.05, 0) is 35.0 Å². The zero-order chi connectivity index (χ0) is 12.2. The molecule has 88 valence electrons. The van der Waals surface area contributed by atoms with Gasteiger partial charge in [0.1, 0.15) is 5.58 Å². The highest BCUT2D eigenvalue weighted by molar-refractivity contribution is 7.17. The molecule has 0 spiro atoms. The van der Waals surface area contributed by atoms with E-state index in [1.807, 2.05) is 30.3 Å². The average Bonchev–Trinajstić information content (AvgIpc) is 3.08. The van der Waals surface area contributed by atoms with E-state index in [0.717, 1.165) is 11.0 Å². The highest BCUT2D eigenvalue weighted by atomic mass is 32.1. The van der Waals surface area contributed by atoms with Gasteiger partial charge in [-0.1, -0.05) is 36.4 Å². The Morgan fingerprint density at radius 1 is 0.722 bits per heavy atom. The van der Waals surface area contributed by atoms with Gasteiger partial charge in [0.25, 0.3) is 0 Å². The lowest BCUT2D eigenvalue weighted by Crippen LogP contribution is -1.57. The Bertz CT molecular complexity index is 625. The topological polar surface area (TPSA) is 13.1 Å². The van der Waals surface area contributed by atoms with Gasteiger partial charge in [0, 0.05) is 10.1 Å². The molecule has 18 heavy (non-hydrogen) atoms. The molecule has 4 aromatic rings.